The van der Waals surface area contributed by atoms with Gasteiger partial charge < -0.3 is 9.26 Å². The molecule has 4 rings (SSSR count). The summed E-state index contributed by atoms with van der Waals surface area (Å²) in [5, 5.41) is 4.82. The lowest BCUT2D eigenvalue weighted by Gasteiger charge is -2.15. The van der Waals surface area contributed by atoms with Crippen molar-refractivity contribution in [1.29, 1.82) is 0 Å². The summed E-state index contributed by atoms with van der Waals surface area (Å²) < 4.78 is 10.9. The monoisotopic (exact) mass is 439 g/mol. The van der Waals surface area contributed by atoms with Crippen LogP contribution in [-0.4, -0.2) is 17.7 Å². The van der Waals surface area contributed by atoms with E-state index in [0.29, 0.717) is 11.9 Å². The van der Waals surface area contributed by atoms with Crippen molar-refractivity contribution in [1.82, 2.24) is 5.16 Å². The zero-order valence-electron chi connectivity index (χ0n) is 16.0. The molecule has 1 heterocycles. The van der Waals surface area contributed by atoms with Crippen LogP contribution in [0.3, 0.4) is 0 Å². The molecule has 0 radical (unpaired) electrons. The summed E-state index contributed by atoms with van der Waals surface area (Å²) in [6.07, 6.45) is 1.71. The fourth-order valence-corrected chi connectivity index (χ4v) is 4.32. The van der Waals surface area contributed by atoms with Crippen LogP contribution in [0.25, 0.3) is 22.5 Å². The largest absolute Gasteiger partial charge is 0.465 e. The summed E-state index contributed by atoms with van der Waals surface area (Å²) in [5.74, 6) is 0.682. The topological polar surface area (TPSA) is 52.3 Å². The first-order valence-corrected chi connectivity index (χ1v) is 10.6. The summed E-state index contributed by atoms with van der Waals surface area (Å²) >= 11 is 3.54. The van der Waals surface area contributed by atoms with Crippen LogP contribution in [0.5, 0.6) is 0 Å². The second-order valence-corrected chi connectivity index (χ2v) is 7.70. The van der Waals surface area contributed by atoms with Crippen LogP contribution in [0.1, 0.15) is 36.6 Å². The minimum Gasteiger partial charge on any atom is -0.465 e. The van der Waals surface area contributed by atoms with Gasteiger partial charge in [-0.1, -0.05) is 69.6 Å². The molecule has 3 aromatic rings. The summed E-state index contributed by atoms with van der Waals surface area (Å²) in [4.78, 5) is 12.3. The molecule has 1 fully saturated rings. The smallest absolute Gasteiger partial charge is 0.316 e. The lowest BCUT2D eigenvalue weighted by atomic mass is 9.91. The van der Waals surface area contributed by atoms with Crippen LogP contribution in [0.15, 0.2) is 53.1 Å². The van der Waals surface area contributed by atoms with Crippen molar-refractivity contribution in [2.75, 3.05) is 6.61 Å². The third kappa shape index (κ3) is 3.18. The fourth-order valence-electron chi connectivity index (χ4n) is 3.66. The van der Waals surface area contributed by atoms with Gasteiger partial charge in [-0.2, -0.15) is 0 Å². The standard InChI is InChI=1S/C23H22BrNO3/c1-3-27-22(26)23(12-13-23)17-10-8-16(9-11-17)18-6-4-5-7-19(18)21-20(14-24)15(2)25-28-21/h4-11H,3,12-14H2,1-2H3. The predicted molar refractivity (Wildman–Crippen MR) is 112 cm³/mol. The quantitative estimate of drug-likeness (QED) is 0.359. The van der Waals surface area contributed by atoms with Gasteiger partial charge >= 0.3 is 5.97 Å². The first kappa shape index (κ1) is 18.9. The second-order valence-electron chi connectivity index (χ2n) is 7.13. The third-order valence-electron chi connectivity index (χ3n) is 5.45. The SMILES string of the molecule is CCOC(=O)C1(c2ccc(-c3ccccc3-c3onc(C)c3CBr)cc2)CC1. The van der Waals surface area contributed by atoms with Gasteiger partial charge in [0, 0.05) is 16.5 Å². The summed E-state index contributed by atoms with van der Waals surface area (Å²) in [6.45, 7) is 4.21. The summed E-state index contributed by atoms with van der Waals surface area (Å²) in [6, 6.07) is 16.4. The zero-order chi connectivity index (χ0) is 19.7. The van der Waals surface area contributed by atoms with Crippen molar-refractivity contribution >= 4 is 21.9 Å². The number of ether oxygens (including phenoxy) is 1. The molecule has 1 aromatic heterocycles. The maximum absolute atomic E-state index is 12.3. The highest BCUT2D eigenvalue weighted by atomic mass is 79.9. The Hall–Kier alpha value is -2.40. The van der Waals surface area contributed by atoms with Gasteiger partial charge in [0.1, 0.15) is 0 Å². The average molecular weight is 440 g/mol. The van der Waals surface area contributed by atoms with Gasteiger partial charge in [0.15, 0.2) is 5.76 Å². The molecule has 28 heavy (non-hydrogen) atoms. The molecule has 0 saturated heterocycles. The highest BCUT2D eigenvalue weighted by Gasteiger charge is 2.52. The van der Waals surface area contributed by atoms with Gasteiger partial charge in [0.05, 0.1) is 17.7 Å². The molecule has 2 aromatic carbocycles. The molecular formula is C23H22BrNO3. The van der Waals surface area contributed by atoms with Crippen LogP contribution < -0.4 is 0 Å². The number of alkyl halides is 1. The van der Waals surface area contributed by atoms with Crippen molar-refractivity contribution in [2.24, 2.45) is 0 Å². The van der Waals surface area contributed by atoms with Gasteiger partial charge in [0.2, 0.25) is 0 Å². The molecule has 1 aliphatic carbocycles. The number of carbonyl (C=O) groups excluding carboxylic acids is 1. The Labute approximate surface area is 173 Å². The molecule has 0 N–H and O–H groups in total. The third-order valence-corrected chi connectivity index (χ3v) is 6.02. The Morgan fingerprint density at radius 2 is 1.82 bits per heavy atom. The van der Waals surface area contributed by atoms with Gasteiger partial charge in [-0.25, -0.2) is 0 Å². The van der Waals surface area contributed by atoms with Crippen LogP contribution in [0, 0.1) is 6.92 Å². The molecule has 1 saturated carbocycles. The van der Waals surface area contributed by atoms with Gasteiger partial charge in [0.25, 0.3) is 0 Å². The minimum absolute atomic E-state index is 0.109. The molecular weight excluding hydrogens is 418 g/mol. The molecule has 5 heteroatoms. The van der Waals surface area contributed by atoms with Crippen LogP contribution >= 0.6 is 15.9 Å². The Morgan fingerprint density at radius 3 is 2.43 bits per heavy atom. The number of benzene rings is 2. The van der Waals surface area contributed by atoms with Crippen molar-refractivity contribution < 1.29 is 14.1 Å². The van der Waals surface area contributed by atoms with Crippen LogP contribution in [0.2, 0.25) is 0 Å². The van der Waals surface area contributed by atoms with E-state index in [4.69, 9.17) is 9.26 Å². The molecule has 0 atom stereocenters. The summed E-state index contributed by atoms with van der Waals surface area (Å²) in [7, 11) is 0. The van der Waals surface area contributed by atoms with E-state index in [1.165, 1.54) is 0 Å². The average Bonchev–Trinajstić information content (AvgIpc) is 3.46. The number of halogens is 1. The van der Waals surface area contributed by atoms with Crippen LogP contribution in [0.4, 0.5) is 0 Å². The number of hydrogen-bond donors (Lipinski definition) is 0. The maximum atomic E-state index is 12.3. The fraction of sp³-hybridized carbons (Fsp3) is 0.304. The Kier molecular flexibility index (Phi) is 5.11. The molecule has 0 unspecified atom stereocenters. The second kappa shape index (κ2) is 7.55. The maximum Gasteiger partial charge on any atom is 0.316 e. The molecule has 1 aliphatic rings. The van der Waals surface area contributed by atoms with Crippen molar-refractivity contribution in [2.45, 2.75) is 37.4 Å². The number of aromatic nitrogens is 1. The van der Waals surface area contributed by atoms with E-state index >= 15 is 0 Å². The zero-order valence-corrected chi connectivity index (χ0v) is 17.6. The molecule has 0 amide bonds. The van der Waals surface area contributed by atoms with Crippen molar-refractivity contribution in [3.05, 3.63) is 65.4 Å². The van der Waals surface area contributed by atoms with Gasteiger partial charge in [-0.3, -0.25) is 4.79 Å². The number of carbonyl (C=O) groups is 1. The highest BCUT2D eigenvalue weighted by Crippen LogP contribution is 2.49. The first-order valence-electron chi connectivity index (χ1n) is 9.49. The molecule has 0 aliphatic heterocycles. The van der Waals surface area contributed by atoms with Gasteiger partial charge in [-0.15, -0.1) is 0 Å². The first-order chi connectivity index (χ1) is 13.6. The molecule has 144 valence electrons. The van der Waals surface area contributed by atoms with E-state index in [2.05, 4.69) is 45.4 Å². The Balaban J connectivity index is 1.71. The highest BCUT2D eigenvalue weighted by molar-refractivity contribution is 9.08. The van der Waals surface area contributed by atoms with E-state index in [-0.39, 0.29) is 5.97 Å². The lowest BCUT2D eigenvalue weighted by molar-refractivity contribution is -0.146. The number of nitrogens with zero attached hydrogens (tertiary/aromatic N) is 1. The minimum atomic E-state index is -0.445. The van der Waals surface area contributed by atoms with Crippen molar-refractivity contribution in [3.8, 4) is 22.5 Å². The molecule has 0 bridgehead atoms. The lowest BCUT2D eigenvalue weighted by Crippen LogP contribution is -2.23. The van der Waals surface area contributed by atoms with E-state index in [1.807, 2.05) is 38.1 Å². The van der Waals surface area contributed by atoms with E-state index in [1.54, 1.807) is 0 Å². The van der Waals surface area contributed by atoms with Crippen LogP contribution in [-0.2, 0) is 20.3 Å². The number of esters is 1. The molecule has 4 nitrogen and oxygen atoms in total. The Bertz CT molecular complexity index is 1000. The Morgan fingerprint density at radius 1 is 1.14 bits per heavy atom. The number of rotatable bonds is 6. The van der Waals surface area contributed by atoms with Gasteiger partial charge in [-0.05, 0) is 43.4 Å². The van der Waals surface area contributed by atoms with E-state index in [0.717, 1.165) is 52.1 Å². The summed E-state index contributed by atoms with van der Waals surface area (Å²) in [5.41, 5.74) is 5.70. The molecule has 0 spiro atoms. The predicted octanol–water partition coefficient (Wildman–Crippen LogP) is 5.81. The van der Waals surface area contributed by atoms with Crippen molar-refractivity contribution in [3.63, 3.8) is 0 Å². The number of aryl methyl sites for hydroxylation is 1. The normalized spacial score (nSPS) is 14.7. The van der Waals surface area contributed by atoms with E-state index in [9.17, 15) is 4.79 Å². The number of hydrogen-bond acceptors (Lipinski definition) is 4. The van der Waals surface area contributed by atoms with E-state index < -0.39 is 5.41 Å².